The Morgan fingerprint density at radius 1 is 1.50 bits per heavy atom. The largest absolute Gasteiger partial charge is 0.344 e. The van der Waals surface area contributed by atoms with Crippen molar-refractivity contribution in [2.45, 2.75) is 18.2 Å². The van der Waals surface area contributed by atoms with Gasteiger partial charge in [-0.1, -0.05) is 15.9 Å². The fraction of sp³-hybridized carbons (Fsp3) is 0.778. The maximum Gasteiger partial charge on any atom is 0.241 e. The van der Waals surface area contributed by atoms with Crippen molar-refractivity contribution < 1.29 is 9.59 Å². The van der Waals surface area contributed by atoms with Crippen LogP contribution >= 0.6 is 15.9 Å². The quantitative estimate of drug-likeness (QED) is 0.645. The van der Waals surface area contributed by atoms with E-state index >= 15 is 0 Å². The summed E-state index contributed by atoms with van der Waals surface area (Å²) in [5.41, 5.74) is 0. The maximum absolute atomic E-state index is 11.6. The molecule has 4 nitrogen and oxygen atoms in total. The molecule has 0 bridgehead atoms. The van der Waals surface area contributed by atoms with E-state index in [1.165, 1.54) is 0 Å². The van der Waals surface area contributed by atoms with Crippen LogP contribution in [-0.2, 0) is 9.59 Å². The highest BCUT2D eigenvalue weighted by molar-refractivity contribution is 9.10. The average molecular weight is 263 g/mol. The first-order valence-corrected chi connectivity index (χ1v) is 5.60. The third-order valence-corrected chi connectivity index (χ3v) is 2.72. The van der Waals surface area contributed by atoms with E-state index < -0.39 is 0 Å². The van der Waals surface area contributed by atoms with Crippen LogP contribution in [0.1, 0.15) is 13.3 Å². The molecule has 0 N–H and O–H groups in total. The molecule has 14 heavy (non-hydrogen) atoms. The van der Waals surface area contributed by atoms with Gasteiger partial charge in [-0.25, -0.2) is 0 Å². The van der Waals surface area contributed by atoms with E-state index in [1.54, 1.807) is 23.8 Å². The third kappa shape index (κ3) is 2.70. The van der Waals surface area contributed by atoms with Crippen LogP contribution in [0.3, 0.4) is 0 Å². The first-order chi connectivity index (χ1) is 6.52. The lowest BCUT2D eigenvalue weighted by Crippen LogP contribution is -2.40. The lowest BCUT2D eigenvalue weighted by molar-refractivity contribution is -0.137. The molecule has 0 radical (unpaired) electrons. The van der Waals surface area contributed by atoms with Crippen LogP contribution in [0.4, 0.5) is 0 Å². The van der Waals surface area contributed by atoms with Gasteiger partial charge in [-0.2, -0.15) is 0 Å². The second-order valence-electron chi connectivity index (χ2n) is 3.54. The van der Waals surface area contributed by atoms with Crippen LogP contribution in [0, 0.1) is 0 Å². The predicted molar refractivity (Wildman–Crippen MR) is 57.2 cm³/mol. The number of nitrogens with zero attached hydrogens (tertiary/aromatic N) is 2. The molecule has 0 aromatic rings. The zero-order valence-electron chi connectivity index (χ0n) is 8.49. The Labute approximate surface area is 92.4 Å². The van der Waals surface area contributed by atoms with Gasteiger partial charge in [-0.05, 0) is 13.3 Å². The number of hydrogen-bond acceptors (Lipinski definition) is 2. The minimum absolute atomic E-state index is 0.00588. The average Bonchev–Trinajstić information content (AvgIpc) is 2.28. The second-order valence-corrected chi connectivity index (χ2v) is 4.92. The summed E-state index contributed by atoms with van der Waals surface area (Å²) < 4.78 is 0. The van der Waals surface area contributed by atoms with Gasteiger partial charge in [0, 0.05) is 20.1 Å². The van der Waals surface area contributed by atoms with E-state index in [4.69, 9.17) is 0 Å². The molecule has 1 unspecified atom stereocenters. The van der Waals surface area contributed by atoms with Gasteiger partial charge in [0.2, 0.25) is 11.8 Å². The Balaban J connectivity index is 2.63. The second kappa shape index (κ2) is 4.77. The maximum atomic E-state index is 11.6. The molecule has 5 heteroatoms. The first kappa shape index (κ1) is 11.5. The SMILES string of the molecule is CC(Br)C(=O)N1CCCN(C)C(=O)C1. The van der Waals surface area contributed by atoms with Crippen molar-refractivity contribution in [3.8, 4) is 0 Å². The number of carbonyl (C=O) groups is 2. The first-order valence-electron chi connectivity index (χ1n) is 4.69. The monoisotopic (exact) mass is 262 g/mol. The number of likely N-dealkylation sites (N-methyl/N-ethyl adjacent to an activating group) is 1. The zero-order valence-corrected chi connectivity index (χ0v) is 10.1. The van der Waals surface area contributed by atoms with Crippen molar-refractivity contribution in [1.29, 1.82) is 0 Å². The standard InChI is InChI=1S/C9H15BrN2O2/c1-7(10)9(14)12-5-3-4-11(2)8(13)6-12/h7H,3-6H2,1-2H3. The van der Waals surface area contributed by atoms with Gasteiger partial charge in [-0.3, -0.25) is 9.59 Å². The number of rotatable bonds is 1. The van der Waals surface area contributed by atoms with Crippen molar-refractivity contribution in [3.63, 3.8) is 0 Å². The van der Waals surface area contributed by atoms with Gasteiger partial charge < -0.3 is 9.80 Å². The van der Waals surface area contributed by atoms with Gasteiger partial charge in [0.1, 0.15) is 0 Å². The molecule has 80 valence electrons. The molecule has 0 saturated carbocycles. The molecule has 1 fully saturated rings. The highest BCUT2D eigenvalue weighted by Gasteiger charge is 2.24. The minimum atomic E-state index is -0.210. The lowest BCUT2D eigenvalue weighted by atomic mass is 10.3. The molecule has 0 spiro atoms. The molecule has 1 aliphatic rings. The van der Waals surface area contributed by atoms with Crippen molar-refractivity contribution in [3.05, 3.63) is 0 Å². The molecule has 0 aromatic carbocycles. The van der Waals surface area contributed by atoms with Gasteiger partial charge >= 0.3 is 0 Å². The number of carbonyl (C=O) groups excluding carboxylic acids is 2. The van der Waals surface area contributed by atoms with Crippen LogP contribution in [0.15, 0.2) is 0 Å². The summed E-state index contributed by atoms with van der Waals surface area (Å²) in [6, 6.07) is 0. The van der Waals surface area contributed by atoms with Crippen molar-refractivity contribution in [1.82, 2.24) is 9.80 Å². The molecule has 1 saturated heterocycles. The van der Waals surface area contributed by atoms with E-state index in [0.29, 0.717) is 6.54 Å². The Kier molecular flexibility index (Phi) is 3.92. The number of halogens is 1. The minimum Gasteiger partial charge on any atom is -0.344 e. The van der Waals surface area contributed by atoms with E-state index in [0.717, 1.165) is 13.0 Å². The molecule has 1 heterocycles. The Morgan fingerprint density at radius 2 is 2.14 bits per heavy atom. The summed E-state index contributed by atoms with van der Waals surface area (Å²) in [6.07, 6.45) is 0.855. The summed E-state index contributed by atoms with van der Waals surface area (Å²) in [5.74, 6) is 0.0117. The van der Waals surface area contributed by atoms with Crippen LogP contribution in [0.25, 0.3) is 0 Å². The van der Waals surface area contributed by atoms with E-state index in [1.807, 2.05) is 0 Å². The summed E-state index contributed by atoms with van der Waals surface area (Å²) >= 11 is 3.22. The number of alkyl halides is 1. The number of amides is 2. The topological polar surface area (TPSA) is 40.6 Å². The van der Waals surface area contributed by atoms with E-state index in [2.05, 4.69) is 15.9 Å². The smallest absolute Gasteiger partial charge is 0.241 e. The fourth-order valence-electron chi connectivity index (χ4n) is 1.43. The summed E-state index contributed by atoms with van der Waals surface area (Å²) in [5, 5.41) is 0. The Hall–Kier alpha value is -0.580. The molecule has 0 aromatic heterocycles. The fourth-order valence-corrected chi connectivity index (χ4v) is 1.72. The Morgan fingerprint density at radius 3 is 2.71 bits per heavy atom. The summed E-state index contributed by atoms with van der Waals surface area (Å²) in [7, 11) is 1.77. The molecular weight excluding hydrogens is 248 g/mol. The number of hydrogen-bond donors (Lipinski definition) is 0. The van der Waals surface area contributed by atoms with Gasteiger partial charge in [0.15, 0.2) is 0 Å². The Bertz CT molecular complexity index is 243. The molecular formula is C9H15BrN2O2. The van der Waals surface area contributed by atoms with Crippen LogP contribution in [0.5, 0.6) is 0 Å². The van der Waals surface area contributed by atoms with Gasteiger partial charge in [-0.15, -0.1) is 0 Å². The van der Waals surface area contributed by atoms with Crippen LogP contribution < -0.4 is 0 Å². The van der Waals surface area contributed by atoms with E-state index in [-0.39, 0.29) is 23.2 Å². The van der Waals surface area contributed by atoms with Crippen molar-refractivity contribution in [2.24, 2.45) is 0 Å². The van der Waals surface area contributed by atoms with Gasteiger partial charge in [0.05, 0.1) is 11.4 Å². The van der Waals surface area contributed by atoms with Crippen LogP contribution in [-0.4, -0.2) is 53.1 Å². The highest BCUT2D eigenvalue weighted by Crippen LogP contribution is 2.08. The predicted octanol–water partition coefficient (Wildman–Crippen LogP) is 0.460. The molecule has 2 amide bonds. The zero-order chi connectivity index (χ0) is 10.7. The lowest BCUT2D eigenvalue weighted by Gasteiger charge is -2.20. The summed E-state index contributed by atoms with van der Waals surface area (Å²) in [4.78, 5) is 26.2. The van der Waals surface area contributed by atoms with Crippen molar-refractivity contribution >= 4 is 27.7 Å². The molecule has 0 aliphatic carbocycles. The third-order valence-electron chi connectivity index (χ3n) is 2.33. The van der Waals surface area contributed by atoms with Crippen LogP contribution in [0.2, 0.25) is 0 Å². The molecule has 1 atom stereocenters. The van der Waals surface area contributed by atoms with Crippen molar-refractivity contribution in [2.75, 3.05) is 26.7 Å². The molecule has 1 aliphatic heterocycles. The van der Waals surface area contributed by atoms with Gasteiger partial charge in [0.25, 0.3) is 0 Å². The normalized spacial score (nSPS) is 20.6. The van der Waals surface area contributed by atoms with E-state index in [9.17, 15) is 9.59 Å². The highest BCUT2D eigenvalue weighted by atomic mass is 79.9. The molecule has 1 rings (SSSR count). The summed E-state index contributed by atoms with van der Waals surface area (Å²) in [6.45, 7) is 3.40.